The Morgan fingerprint density at radius 2 is 2.00 bits per heavy atom. The number of nitrogens with zero attached hydrogens (tertiary/aromatic N) is 2. The molecule has 2 rings (SSSR count). The molecule has 0 aromatic carbocycles. The molecule has 1 aliphatic rings. The molecule has 1 fully saturated rings. The second kappa shape index (κ2) is 5.84. The number of aryl methyl sites for hydroxylation is 1. The maximum atomic E-state index is 12.9. The molecular weight excluding hydrogens is 266 g/mol. The van der Waals surface area contributed by atoms with E-state index in [9.17, 15) is 9.59 Å². The molecule has 0 saturated carbocycles. The molecule has 1 aliphatic heterocycles. The van der Waals surface area contributed by atoms with Gasteiger partial charge >= 0.3 is 0 Å². The van der Waals surface area contributed by atoms with Gasteiger partial charge in [-0.3, -0.25) is 14.6 Å². The summed E-state index contributed by atoms with van der Waals surface area (Å²) in [6.45, 7) is 8.06. The van der Waals surface area contributed by atoms with E-state index >= 15 is 0 Å². The Morgan fingerprint density at radius 1 is 1.33 bits per heavy atom. The molecule has 5 nitrogen and oxygen atoms in total. The van der Waals surface area contributed by atoms with Crippen LogP contribution in [0.15, 0.2) is 18.5 Å². The monoisotopic (exact) mass is 289 g/mol. The van der Waals surface area contributed by atoms with Crippen molar-refractivity contribution in [1.82, 2.24) is 15.2 Å². The summed E-state index contributed by atoms with van der Waals surface area (Å²) in [6, 6.07) is 1.46. The van der Waals surface area contributed by atoms with Crippen molar-refractivity contribution in [3.63, 3.8) is 0 Å². The SMILES string of the molecule is CCC1(CC)NC(=O)C(C)N(Cc2cnccc2C)C1=O. The number of hydrogen-bond donors (Lipinski definition) is 1. The van der Waals surface area contributed by atoms with Gasteiger partial charge in [-0.25, -0.2) is 0 Å². The predicted molar refractivity (Wildman–Crippen MR) is 80.4 cm³/mol. The minimum Gasteiger partial charge on any atom is -0.340 e. The molecule has 1 N–H and O–H groups in total. The fraction of sp³-hybridized carbons (Fsp3) is 0.562. The molecule has 0 bridgehead atoms. The van der Waals surface area contributed by atoms with Crippen LogP contribution in [0.4, 0.5) is 0 Å². The minimum atomic E-state index is -0.764. The molecule has 0 radical (unpaired) electrons. The van der Waals surface area contributed by atoms with E-state index < -0.39 is 11.6 Å². The maximum absolute atomic E-state index is 12.9. The Hall–Kier alpha value is -1.91. The third kappa shape index (κ3) is 2.64. The molecule has 1 unspecified atom stereocenters. The average Bonchev–Trinajstić information content (AvgIpc) is 2.49. The molecule has 2 amide bonds. The first-order valence-electron chi connectivity index (χ1n) is 7.47. The third-order valence-electron chi connectivity index (χ3n) is 4.57. The molecule has 0 aliphatic carbocycles. The lowest BCUT2D eigenvalue weighted by molar-refractivity contribution is -0.155. The predicted octanol–water partition coefficient (Wildman–Crippen LogP) is 1.80. The van der Waals surface area contributed by atoms with Crippen LogP contribution in [0.3, 0.4) is 0 Å². The summed E-state index contributed by atoms with van der Waals surface area (Å²) < 4.78 is 0. The van der Waals surface area contributed by atoms with Crippen LogP contribution >= 0.6 is 0 Å². The number of piperazine rings is 1. The van der Waals surface area contributed by atoms with Crippen LogP contribution in [0.5, 0.6) is 0 Å². The van der Waals surface area contributed by atoms with Gasteiger partial charge < -0.3 is 10.2 Å². The summed E-state index contributed by atoms with van der Waals surface area (Å²) in [5, 5.41) is 2.91. The van der Waals surface area contributed by atoms with Gasteiger partial charge in [0.1, 0.15) is 11.6 Å². The number of amides is 2. The van der Waals surface area contributed by atoms with Gasteiger partial charge in [0.25, 0.3) is 0 Å². The number of pyridine rings is 1. The third-order valence-corrected chi connectivity index (χ3v) is 4.57. The van der Waals surface area contributed by atoms with Crippen molar-refractivity contribution in [2.75, 3.05) is 0 Å². The number of carbonyl (C=O) groups is 2. The van der Waals surface area contributed by atoms with Crippen molar-refractivity contribution < 1.29 is 9.59 Å². The molecule has 2 heterocycles. The number of rotatable bonds is 4. The Kier molecular flexibility index (Phi) is 4.30. The Labute approximate surface area is 125 Å². The van der Waals surface area contributed by atoms with Gasteiger partial charge in [-0.05, 0) is 43.9 Å². The van der Waals surface area contributed by atoms with E-state index in [0.717, 1.165) is 11.1 Å². The first-order chi connectivity index (χ1) is 9.95. The fourth-order valence-corrected chi connectivity index (χ4v) is 2.77. The summed E-state index contributed by atoms with van der Waals surface area (Å²) in [5.41, 5.74) is 1.29. The van der Waals surface area contributed by atoms with E-state index in [0.29, 0.717) is 19.4 Å². The van der Waals surface area contributed by atoms with Crippen LogP contribution in [-0.4, -0.2) is 33.3 Å². The molecule has 1 aromatic heterocycles. The Morgan fingerprint density at radius 3 is 2.57 bits per heavy atom. The molecule has 0 spiro atoms. The highest BCUT2D eigenvalue weighted by Gasteiger charge is 2.47. The van der Waals surface area contributed by atoms with Gasteiger partial charge in [0.05, 0.1) is 0 Å². The first-order valence-corrected chi connectivity index (χ1v) is 7.47. The standard InChI is InChI=1S/C16H23N3O2/c1-5-16(6-2)15(21)19(12(4)14(20)18-16)10-13-9-17-8-7-11(13)3/h7-9,12H,5-6,10H2,1-4H3,(H,18,20). The number of carbonyl (C=O) groups excluding carboxylic acids is 2. The normalized spacial score (nSPS) is 21.3. The highest BCUT2D eigenvalue weighted by atomic mass is 16.2. The second-order valence-electron chi connectivity index (χ2n) is 5.69. The summed E-state index contributed by atoms with van der Waals surface area (Å²) in [4.78, 5) is 30.9. The van der Waals surface area contributed by atoms with Crippen LogP contribution < -0.4 is 5.32 Å². The largest absolute Gasteiger partial charge is 0.340 e. The van der Waals surface area contributed by atoms with E-state index in [-0.39, 0.29) is 11.8 Å². The summed E-state index contributed by atoms with van der Waals surface area (Å²) in [7, 11) is 0. The number of aromatic nitrogens is 1. The summed E-state index contributed by atoms with van der Waals surface area (Å²) in [5.74, 6) is -0.0808. The van der Waals surface area contributed by atoms with Gasteiger partial charge in [0, 0.05) is 18.9 Å². The van der Waals surface area contributed by atoms with Crippen molar-refractivity contribution in [3.05, 3.63) is 29.6 Å². The maximum Gasteiger partial charge on any atom is 0.249 e. The second-order valence-corrected chi connectivity index (χ2v) is 5.69. The smallest absolute Gasteiger partial charge is 0.249 e. The zero-order valence-corrected chi connectivity index (χ0v) is 13.1. The fourth-order valence-electron chi connectivity index (χ4n) is 2.77. The number of hydrogen-bond acceptors (Lipinski definition) is 3. The van der Waals surface area contributed by atoms with Crippen molar-refractivity contribution in [3.8, 4) is 0 Å². The van der Waals surface area contributed by atoms with Gasteiger partial charge in [-0.1, -0.05) is 13.8 Å². The van der Waals surface area contributed by atoms with Crippen LogP contribution in [0.2, 0.25) is 0 Å². The van der Waals surface area contributed by atoms with Gasteiger partial charge in [0.15, 0.2) is 0 Å². The van der Waals surface area contributed by atoms with E-state index in [1.165, 1.54) is 0 Å². The van der Waals surface area contributed by atoms with E-state index in [1.807, 2.05) is 26.8 Å². The van der Waals surface area contributed by atoms with Crippen LogP contribution in [0.25, 0.3) is 0 Å². The average molecular weight is 289 g/mol. The van der Waals surface area contributed by atoms with Gasteiger partial charge in [-0.2, -0.15) is 0 Å². The van der Waals surface area contributed by atoms with Crippen LogP contribution in [0.1, 0.15) is 44.7 Å². The molecule has 5 heteroatoms. The molecule has 21 heavy (non-hydrogen) atoms. The Balaban J connectivity index is 2.34. The van der Waals surface area contributed by atoms with Crippen molar-refractivity contribution in [2.24, 2.45) is 0 Å². The Bertz CT molecular complexity index is 552. The van der Waals surface area contributed by atoms with Crippen molar-refractivity contribution >= 4 is 11.8 Å². The van der Waals surface area contributed by atoms with Crippen molar-refractivity contribution in [2.45, 2.75) is 58.7 Å². The van der Waals surface area contributed by atoms with E-state index in [2.05, 4.69) is 10.3 Å². The van der Waals surface area contributed by atoms with Gasteiger partial charge in [-0.15, -0.1) is 0 Å². The molecule has 114 valence electrons. The van der Waals surface area contributed by atoms with Gasteiger partial charge in [0.2, 0.25) is 11.8 Å². The summed E-state index contributed by atoms with van der Waals surface area (Å²) >= 11 is 0. The van der Waals surface area contributed by atoms with Crippen LogP contribution in [0, 0.1) is 6.92 Å². The van der Waals surface area contributed by atoms with E-state index in [4.69, 9.17) is 0 Å². The zero-order valence-electron chi connectivity index (χ0n) is 13.1. The zero-order chi connectivity index (χ0) is 15.6. The lowest BCUT2D eigenvalue weighted by atomic mass is 9.87. The highest BCUT2D eigenvalue weighted by Crippen LogP contribution is 2.26. The highest BCUT2D eigenvalue weighted by molar-refractivity contribution is 5.99. The molecule has 1 atom stereocenters. The topological polar surface area (TPSA) is 62.3 Å². The van der Waals surface area contributed by atoms with E-state index in [1.54, 1.807) is 24.2 Å². The molecule has 1 aromatic rings. The number of nitrogens with one attached hydrogen (secondary N) is 1. The molecule has 1 saturated heterocycles. The van der Waals surface area contributed by atoms with Crippen molar-refractivity contribution in [1.29, 1.82) is 0 Å². The summed E-state index contributed by atoms with van der Waals surface area (Å²) in [6.07, 6.45) is 4.70. The quantitative estimate of drug-likeness (QED) is 0.919. The first kappa shape index (κ1) is 15.5. The molecular formula is C16H23N3O2. The van der Waals surface area contributed by atoms with Crippen LogP contribution in [-0.2, 0) is 16.1 Å². The minimum absolute atomic E-state index is 0.00264. The lowest BCUT2D eigenvalue weighted by Gasteiger charge is -2.44. The lowest BCUT2D eigenvalue weighted by Crippen LogP contribution is -2.69.